The van der Waals surface area contributed by atoms with Gasteiger partial charge >= 0.3 is 5.97 Å². The minimum Gasteiger partial charge on any atom is -0.456 e. The summed E-state index contributed by atoms with van der Waals surface area (Å²) in [7, 11) is 3.99. The molecule has 0 aromatic heterocycles. The van der Waals surface area contributed by atoms with E-state index in [4.69, 9.17) is 4.74 Å². The Hall–Kier alpha value is -1.10. The number of nitrogens with zero attached hydrogens (tertiary/aromatic N) is 1. The van der Waals surface area contributed by atoms with E-state index >= 15 is 0 Å². The predicted molar refractivity (Wildman–Crippen MR) is 99.0 cm³/mol. The van der Waals surface area contributed by atoms with Crippen molar-refractivity contribution in [2.45, 2.75) is 77.6 Å². The van der Waals surface area contributed by atoms with Crippen LogP contribution in [0.25, 0.3) is 0 Å². The fourth-order valence-corrected chi connectivity index (χ4v) is 2.47. The van der Waals surface area contributed by atoms with E-state index in [2.05, 4.69) is 17.1 Å². The topological polar surface area (TPSA) is 58.6 Å². The Morgan fingerprint density at radius 3 is 2.04 bits per heavy atom. The highest BCUT2D eigenvalue weighted by Crippen LogP contribution is 2.10. The molecule has 0 radical (unpaired) electrons. The van der Waals surface area contributed by atoms with Gasteiger partial charge in [-0.2, -0.15) is 0 Å². The number of esters is 1. The number of carbonyl (C=O) groups excluding carboxylic acids is 2. The first-order chi connectivity index (χ1) is 11.6. The Balaban J connectivity index is 3.35. The number of rotatable bonds is 16. The van der Waals surface area contributed by atoms with E-state index in [0.717, 1.165) is 25.8 Å². The van der Waals surface area contributed by atoms with Crippen molar-refractivity contribution >= 4 is 11.9 Å². The number of carbonyl (C=O) groups is 2. The molecule has 142 valence electrons. The van der Waals surface area contributed by atoms with Crippen LogP contribution in [0.1, 0.15) is 77.6 Å². The van der Waals surface area contributed by atoms with Crippen LogP contribution in [0.3, 0.4) is 0 Å². The van der Waals surface area contributed by atoms with Crippen LogP contribution in [-0.2, 0) is 14.3 Å². The van der Waals surface area contributed by atoms with Gasteiger partial charge in [-0.05, 0) is 33.5 Å². The third-order valence-corrected chi connectivity index (χ3v) is 3.95. The van der Waals surface area contributed by atoms with E-state index in [1.165, 1.54) is 44.9 Å². The second-order valence-electron chi connectivity index (χ2n) is 6.75. The molecule has 0 aliphatic rings. The molecule has 5 heteroatoms. The Morgan fingerprint density at radius 2 is 1.46 bits per heavy atom. The van der Waals surface area contributed by atoms with Crippen molar-refractivity contribution in [3.05, 3.63) is 0 Å². The zero-order valence-corrected chi connectivity index (χ0v) is 16.1. The Kier molecular flexibility index (Phi) is 16.0. The number of nitrogens with one attached hydrogen (secondary N) is 1. The quantitative estimate of drug-likeness (QED) is 0.344. The molecular weight excluding hydrogens is 304 g/mol. The van der Waals surface area contributed by atoms with Crippen LogP contribution in [0, 0.1) is 0 Å². The van der Waals surface area contributed by atoms with Gasteiger partial charge in [0.15, 0.2) is 6.61 Å². The van der Waals surface area contributed by atoms with Crippen LogP contribution in [0.15, 0.2) is 0 Å². The lowest BCUT2D eigenvalue weighted by atomic mass is 10.1. The highest BCUT2D eigenvalue weighted by molar-refractivity contribution is 5.80. The summed E-state index contributed by atoms with van der Waals surface area (Å²) in [6.07, 6.45) is 12.3. The van der Waals surface area contributed by atoms with Crippen molar-refractivity contribution < 1.29 is 14.3 Å². The summed E-state index contributed by atoms with van der Waals surface area (Å²) in [6.45, 7) is 3.62. The fraction of sp³-hybridized carbons (Fsp3) is 0.895. The third kappa shape index (κ3) is 17.3. The second kappa shape index (κ2) is 16.7. The van der Waals surface area contributed by atoms with Gasteiger partial charge in [0, 0.05) is 13.0 Å². The predicted octanol–water partition coefficient (Wildman–Crippen LogP) is 3.52. The maximum atomic E-state index is 11.6. The molecule has 0 unspecified atom stereocenters. The minimum absolute atomic E-state index is 0.155. The summed E-state index contributed by atoms with van der Waals surface area (Å²) in [5.41, 5.74) is 0. The lowest BCUT2D eigenvalue weighted by Crippen LogP contribution is -2.31. The standard InChI is InChI=1S/C19H38N2O3/c1-4-5-6-7-8-9-10-11-12-14-19(23)24-17-18(22)20-15-13-16-21(2)3/h4-17H2,1-3H3,(H,20,22). The normalized spacial score (nSPS) is 10.8. The van der Waals surface area contributed by atoms with Gasteiger partial charge in [-0.15, -0.1) is 0 Å². The molecule has 5 nitrogen and oxygen atoms in total. The van der Waals surface area contributed by atoms with Gasteiger partial charge < -0.3 is 15.0 Å². The molecule has 0 aliphatic carbocycles. The van der Waals surface area contributed by atoms with Crippen molar-refractivity contribution in [2.75, 3.05) is 33.8 Å². The van der Waals surface area contributed by atoms with Crippen molar-refractivity contribution in [1.29, 1.82) is 0 Å². The van der Waals surface area contributed by atoms with E-state index < -0.39 is 0 Å². The van der Waals surface area contributed by atoms with Crippen LogP contribution in [0.4, 0.5) is 0 Å². The molecule has 0 aromatic rings. The zero-order valence-electron chi connectivity index (χ0n) is 16.1. The van der Waals surface area contributed by atoms with Gasteiger partial charge in [-0.1, -0.05) is 58.3 Å². The van der Waals surface area contributed by atoms with E-state index in [0.29, 0.717) is 13.0 Å². The van der Waals surface area contributed by atoms with Crippen LogP contribution in [0.5, 0.6) is 0 Å². The minimum atomic E-state index is -0.263. The number of hydrogen-bond acceptors (Lipinski definition) is 4. The molecule has 0 aliphatic heterocycles. The summed E-state index contributed by atoms with van der Waals surface area (Å²) in [4.78, 5) is 25.1. The summed E-state index contributed by atoms with van der Waals surface area (Å²) in [5, 5.41) is 2.76. The van der Waals surface area contributed by atoms with Crippen LogP contribution in [-0.4, -0.2) is 50.6 Å². The number of ether oxygens (including phenoxy) is 1. The van der Waals surface area contributed by atoms with Gasteiger partial charge in [-0.3, -0.25) is 9.59 Å². The largest absolute Gasteiger partial charge is 0.456 e. The first-order valence-corrected chi connectivity index (χ1v) is 9.63. The SMILES string of the molecule is CCCCCCCCCCCC(=O)OCC(=O)NCCCN(C)C. The summed E-state index contributed by atoms with van der Waals surface area (Å²) < 4.78 is 4.99. The van der Waals surface area contributed by atoms with Gasteiger partial charge in [-0.25, -0.2) is 0 Å². The Bertz CT molecular complexity index is 320. The van der Waals surface area contributed by atoms with E-state index in [9.17, 15) is 9.59 Å². The smallest absolute Gasteiger partial charge is 0.306 e. The van der Waals surface area contributed by atoms with Gasteiger partial charge in [0.1, 0.15) is 0 Å². The number of hydrogen-bond donors (Lipinski definition) is 1. The maximum Gasteiger partial charge on any atom is 0.306 e. The number of amides is 1. The molecule has 0 saturated heterocycles. The van der Waals surface area contributed by atoms with E-state index in [1.807, 2.05) is 14.1 Å². The average molecular weight is 343 g/mol. The van der Waals surface area contributed by atoms with Crippen molar-refractivity contribution in [3.8, 4) is 0 Å². The Morgan fingerprint density at radius 1 is 0.875 bits per heavy atom. The van der Waals surface area contributed by atoms with Crippen molar-refractivity contribution in [3.63, 3.8) is 0 Å². The summed E-state index contributed by atoms with van der Waals surface area (Å²) in [5.74, 6) is -0.476. The zero-order chi connectivity index (χ0) is 18.0. The lowest BCUT2D eigenvalue weighted by Gasteiger charge is -2.10. The molecule has 0 aromatic carbocycles. The molecule has 0 rings (SSSR count). The van der Waals surface area contributed by atoms with Crippen molar-refractivity contribution in [2.24, 2.45) is 0 Å². The molecule has 24 heavy (non-hydrogen) atoms. The molecule has 0 saturated carbocycles. The van der Waals surface area contributed by atoms with Crippen molar-refractivity contribution in [1.82, 2.24) is 10.2 Å². The molecule has 1 amide bonds. The first-order valence-electron chi connectivity index (χ1n) is 9.63. The molecular formula is C19H38N2O3. The highest BCUT2D eigenvalue weighted by Gasteiger charge is 2.07. The fourth-order valence-electron chi connectivity index (χ4n) is 2.47. The highest BCUT2D eigenvalue weighted by atomic mass is 16.5. The first kappa shape index (κ1) is 22.9. The van der Waals surface area contributed by atoms with Crippen LogP contribution in [0.2, 0.25) is 0 Å². The molecule has 0 fully saturated rings. The lowest BCUT2D eigenvalue weighted by molar-refractivity contribution is -0.148. The van der Waals surface area contributed by atoms with Gasteiger partial charge in [0.25, 0.3) is 5.91 Å². The van der Waals surface area contributed by atoms with Gasteiger partial charge in [0.05, 0.1) is 0 Å². The maximum absolute atomic E-state index is 11.6. The monoisotopic (exact) mass is 342 g/mol. The van der Waals surface area contributed by atoms with E-state index in [-0.39, 0.29) is 18.5 Å². The molecule has 0 atom stereocenters. The van der Waals surface area contributed by atoms with Crippen LogP contribution < -0.4 is 5.32 Å². The third-order valence-electron chi connectivity index (χ3n) is 3.95. The molecule has 0 heterocycles. The van der Waals surface area contributed by atoms with Gasteiger partial charge in [0.2, 0.25) is 0 Å². The second-order valence-corrected chi connectivity index (χ2v) is 6.75. The molecule has 1 N–H and O–H groups in total. The van der Waals surface area contributed by atoms with E-state index in [1.54, 1.807) is 0 Å². The Labute approximate surface area is 148 Å². The molecule has 0 spiro atoms. The molecule has 0 bridgehead atoms. The van der Waals surface area contributed by atoms with Crippen LogP contribution >= 0.6 is 0 Å². The average Bonchev–Trinajstić information content (AvgIpc) is 2.55. The summed E-state index contributed by atoms with van der Waals surface area (Å²) in [6, 6.07) is 0. The summed E-state index contributed by atoms with van der Waals surface area (Å²) >= 11 is 0. The number of unbranched alkanes of at least 4 members (excludes halogenated alkanes) is 8.